The van der Waals surface area contributed by atoms with Crippen LogP contribution in [0.1, 0.15) is 13.3 Å². The van der Waals surface area contributed by atoms with E-state index < -0.39 is 12.2 Å². The maximum Gasteiger partial charge on any atom is 0.465 e. The van der Waals surface area contributed by atoms with Gasteiger partial charge in [0.1, 0.15) is 0 Å². The van der Waals surface area contributed by atoms with E-state index in [4.69, 9.17) is 6.57 Å². The molecule has 0 amide bonds. The van der Waals surface area contributed by atoms with Crippen molar-refractivity contribution in [2.75, 3.05) is 0 Å². The molecular weight excluding hydrogens is 131 g/mol. The van der Waals surface area contributed by atoms with Crippen molar-refractivity contribution < 1.29 is 13.2 Å². The Morgan fingerprint density at radius 2 is 2.00 bits per heavy atom. The van der Waals surface area contributed by atoms with E-state index in [9.17, 15) is 13.2 Å². The fourth-order valence-electron chi connectivity index (χ4n) is 0.396. The zero-order valence-corrected chi connectivity index (χ0v) is 4.87. The number of halogens is 3. The van der Waals surface area contributed by atoms with Gasteiger partial charge in [0, 0.05) is 6.42 Å². The standard InChI is InChI=1S/C5H6F3N/c1-3-4(9-2)5(6,7)8/h4H,3H2,1H3. The first-order valence-corrected chi connectivity index (χ1v) is 2.45. The van der Waals surface area contributed by atoms with E-state index in [2.05, 4.69) is 4.85 Å². The van der Waals surface area contributed by atoms with Crippen molar-refractivity contribution in [1.29, 1.82) is 0 Å². The maximum absolute atomic E-state index is 11.5. The molecule has 1 atom stereocenters. The van der Waals surface area contributed by atoms with Crippen LogP contribution in [-0.4, -0.2) is 12.2 Å². The van der Waals surface area contributed by atoms with Crippen LogP contribution in [0.25, 0.3) is 4.85 Å². The zero-order valence-electron chi connectivity index (χ0n) is 4.87. The second-order valence-corrected chi connectivity index (χ2v) is 1.59. The molecule has 52 valence electrons. The van der Waals surface area contributed by atoms with E-state index >= 15 is 0 Å². The normalized spacial score (nSPS) is 14.6. The van der Waals surface area contributed by atoms with Crippen LogP contribution in [0, 0.1) is 6.57 Å². The molecule has 1 nitrogen and oxygen atoms in total. The third kappa shape index (κ3) is 2.36. The van der Waals surface area contributed by atoms with Gasteiger partial charge in [0.25, 0.3) is 0 Å². The Bertz CT molecular complexity index is 121. The highest BCUT2D eigenvalue weighted by Crippen LogP contribution is 2.24. The van der Waals surface area contributed by atoms with E-state index in [0.717, 1.165) is 0 Å². The smallest absolute Gasteiger partial charge is 0.304 e. The molecule has 0 fully saturated rings. The molecule has 0 aromatic carbocycles. The molecule has 0 aliphatic rings. The third-order valence-electron chi connectivity index (χ3n) is 0.920. The molecule has 0 aliphatic carbocycles. The van der Waals surface area contributed by atoms with Crippen LogP contribution < -0.4 is 0 Å². The average Bonchev–Trinajstić information content (AvgIpc) is 1.65. The van der Waals surface area contributed by atoms with Crippen LogP contribution in [-0.2, 0) is 0 Å². The lowest BCUT2D eigenvalue weighted by Gasteiger charge is -2.05. The summed E-state index contributed by atoms with van der Waals surface area (Å²) in [5, 5.41) is 0. The number of hydrogen-bond donors (Lipinski definition) is 0. The molecule has 0 saturated heterocycles. The van der Waals surface area contributed by atoms with Gasteiger partial charge < -0.3 is 4.85 Å². The Kier molecular flexibility index (Phi) is 2.50. The van der Waals surface area contributed by atoms with E-state index in [1.807, 2.05) is 0 Å². The molecule has 0 spiro atoms. The van der Waals surface area contributed by atoms with Crippen LogP contribution in [0.3, 0.4) is 0 Å². The molecule has 0 N–H and O–H groups in total. The van der Waals surface area contributed by atoms with Gasteiger partial charge in [-0.3, -0.25) is 0 Å². The van der Waals surface area contributed by atoms with Gasteiger partial charge in [-0.25, -0.2) is 6.57 Å². The van der Waals surface area contributed by atoms with Crippen molar-refractivity contribution in [3.63, 3.8) is 0 Å². The van der Waals surface area contributed by atoms with Crippen molar-refractivity contribution >= 4 is 0 Å². The average molecular weight is 137 g/mol. The molecule has 0 saturated carbocycles. The van der Waals surface area contributed by atoms with Crippen molar-refractivity contribution in [1.82, 2.24) is 0 Å². The topological polar surface area (TPSA) is 4.36 Å². The lowest BCUT2D eigenvalue weighted by Crippen LogP contribution is -2.24. The highest BCUT2D eigenvalue weighted by Gasteiger charge is 2.44. The molecule has 0 aliphatic heterocycles. The van der Waals surface area contributed by atoms with Crippen molar-refractivity contribution in [3.05, 3.63) is 11.4 Å². The monoisotopic (exact) mass is 137 g/mol. The Morgan fingerprint density at radius 1 is 1.56 bits per heavy atom. The first-order valence-electron chi connectivity index (χ1n) is 2.45. The van der Waals surface area contributed by atoms with Crippen molar-refractivity contribution in [2.45, 2.75) is 25.6 Å². The molecule has 4 heteroatoms. The predicted molar refractivity (Wildman–Crippen MR) is 26.7 cm³/mol. The molecular formula is C5H6F3N. The summed E-state index contributed by atoms with van der Waals surface area (Å²) in [5.74, 6) is 0. The Morgan fingerprint density at radius 3 is 2.00 bits per heavy atom. The van der Waals surface area contributed by atoms with Gasteiger partial charge >= 0.3 is 12.2 Å². The second-order valence-electron chi connectivity index (χ2n) is 1.59. The lowest BCUT2D eigenvalue weighted by atomic mass is 10.2. The maximum atomic E-state index is 11.5. The van der Waals surface area contributed by atoms with Crippen molar-refractivity contribution in [2.24, 2.45) is 0 Å². The summed E-state index contributed by atoms with van der Waals surface area (Å²) in [5.41, 5.74) is 0. The second kappa shape index (κ2) is 2.72. The van der Waals surface area contributed by atoms with Gasteiger partial charge in [-0.05, 0) is 0 Å². The summed E-state index contributed by atoms with van der Waals surface area (Å²) in [7, 11) is 0. The summed E-state index contributed by atoms with van der Waals surface area (Å²) in [4.78, 5) is 2.40. The molecule has 0 radical (unpaired) electrons. The van der Waals surface area contributed by atoms with Gasteiger partial charge in [-0.2, -0.15) is 13.2 Å². The highest BCUT2D eigenvalue weighted by atomic mass is 19.4. The highest BCUT2D eigenvalue weighted by molar-refractivity contribution is 4.83. The molecule has 0 heterocycles. The van der Waals surface area contributed by atoms with Crippen LogP contribution in [0.5, 0.6) is 0 Å². The zero-order chi connectivity index (χ0) is 7.49. The quantitative estimate of drug-likeness (QED) is 0.488. The van der Waals surface area contributed by atoms with Crippen LogP contribution in [0.15, 0.2) is 0 Å². The number of alkyl halides is 3. The Balaban J connectivity index is 4.00. The van der Waals surface area contributed by atoms with Crippen LogP contribution in [0.4, 0.5) is 13.2 Å². The molecule has 9 heavy (non-hydrogen) atoms. The SMILES string of the molecule is [C-]#[N+]C(CC)C(F)(F)F. The van der Waals surface area contributed by atoms with Gasteiger partial charge in [0.15, 0.2) is 0 Å². The van der Waals surface area contributed by atoms with E-state index in [1.165, 1.54) is 6.92 Å². The third-order valence-corrected chi connectivity index (χ3v) is 0.920. The molecule has 0 bridgehead atoms. The Labute approximate surface area is 51.3 Å². The van der Waals surface area contributed by atoms with E-state index in [0.29, 0.717) is 0 Å². The summed E-state index contributed by atoms with van der Waals surface area (Å²) in [6.07, 6.45) is -4.50. The van der Waals surface area contributed by atoms with Crippen LogP contribution in [0.2, 0.25) is 0 Å². The van der Waals surface area contributed by atoms with E-state index in [-0.39, 0.29) is 6.42 Å². The summed E-state index contributed by atoms with van der Waals surface area (Å²) < 4.78 is 34.5. The molecule has 0 aromatic rings. The van der Waals surface area contributed by atoms with Crippen LogP contribution >= 0.6 is 0 Å². The minimum absolute atomic E-state index is 0.160. The first kappa shape index (κ1) is 8.28. The van der Waals surface area contributed by atoms with E-state index in [1.54, 1.807) is 0 Å². The molecule has 0 rings (SSSR count). The minimum Gasteiger partial charge on any atom is -0.304 e. The van der Waals surface area contributed by atoms with Crippen molar-refractivity contribution in [3.8, 4) is 0 Å². The lowest BCUT2D eigenvalue weighted by molar-refractivity contribution is -0.139. The fourth-order valence-corrected chi connectivity index (χ4v) is 0.396. The van der Waals surface area contributed by atoms with Gasteiger partial charge in [-0.15, -0.1) is 0 Å². The van der Waals surface area contributed by atoms with Gasteiger partial charge in [0.05, 0.1) is 0 Å². The minimum atomic E-state index is -4.34. The predicted octanol–water partition coefficient (Wildman–Crippen LogP) is 2.25. The summed E-state index contributed by atoms with van der Waals surface area (Å²) >= 11 is 0. The van der Waals surface area contributed by atoms with Gasteiger partial charge in [0.2, 0.25) is 0 Å². The first-order chi connectivity index (χ1) is 4.02. The molecule has 0 aromatic heterocycles. The number of nitrogens with zero attached hydrogens (tertiary/aromatic N) is 1. The number of hydrogen-bond acceptors (Lipinski definition) is 0. The molecule has 1 unspecified atom stereocenters. The largest absolute Gasteiger partial charge is 0.465 e. The van der Waals surface area contributed by atoms with Gasteiger partial charge in [-0.1, -0.05) is 6.92 Å². The number of rotatable bonds is 1. The fraction of sp³-hybridized carbons (Fsp3) is 0.800. The Hall–Kier alpha value is -0.720. The summed E-state index contributed by atoms with van der Waals surface area (Å²) in [6.45, 7) is 7.46. The summed E-state index contributed by atoms with van der Waals surface area (Å²) in [6, 6.07) is -1.81.